The van der Waals surface area contributed by atoms with Gasteiger partial charge in [-0.25, -0.2) is 4.98 Å². The van der Waals surface area contributed by atoms with Crippen molar-refractivity contribution >= 4 is 5.69 Å². The topological polar surface area (TPSA) is 86.5 Å². The van der Waals surface area contributed by atoms with Gasteiger partial charge in [-0.1, -0.05) is 0 Å². The molecule has 1 aromatic rings. The minimum Gasteiger partial charge on any atom is -0.467 e. The molecule has 0 amide bonds. The SMILES string of the molecule is Cc1ccc([N+](=O)[O-])c(OC2COC3(CCNCC3)C2)n1. The number of nitrogens with zero attached hydrogens (tertiary/aromatic N) is 2. The molecule has 1 N–H and O–H groups in total. The Balaban J connectivity index is 1.73. The number of aromatic nitrogens is 1. The molecular formula is C14H19N3O4. The molecule has 1 aromatic heterocycles. The van der Waals surface area contributed by atoms with E-state index in [4.69, 9.17) is 9.47 Å². The van der Waals surface area contributed by atoms with E-state index in [1.165, 1.54) is 6.07 Å². The van der Waals surface area contributed by atoms with Crippen LogP contribution in [0.1, 0.15) is 25.0 Å². The Morgan fingerprint density at radius 3 is 2.95 bits per heavy atom. The van der Waals surface area contributed by atoms with Gasteiger partial charge in [-0.15, -0.1) is 0 Å². The van der Waals surface area contributed by atoms with Crippen LogP contribution in [-0.4, -0.2) is 41.3 Å². The zero-order valence-electron chi connectivity index (χ0n) is 12.0. The predicted molar refractivity (Wildman–Crippen MR) is 75.4 cm³/mol. The Labute approximate surface area is 122 Å². The molecule has 0 bridgehead atoms. The van der Waals surface area contributed by atoms with E-state index in [9.17, 15) is 10.1 Å². The van der Waals surface area contributed by atoms with Crippen molar-refractivity contribution in [3.8, 4) is 5.88 Å². The van der Waals surface area contributed by atoms with Gasteiger partial charge in [0.15, 0.2) is 0 Å². The molecule has 7 heteroatoms. The Bertz CT molecular complexity index is 543. The van der Waals surface area contributed by atoms with Gasteiger partial charge in [-0.2, -0.15) is 0 Å². The van der Waals surface area contributed by atoms with Gasteiger partial charge >= 0.3 is 5.69 Å². The Morgan fingerprint density at radius 1 is 1.48 bits per heavy atom. The molecule has 0 aliphatic carbocycles. The molecule has 3 heterocycles. The molecule has 1 spiro atoms. The summed E-state index contributed by atoms with van der Waals surface area (Å²) in [5.74, 6) is 0.0968. The molecule has 1 unspecified atom stereocenters. The molecule has 2 aliphatic rings. The minimum absolute atomic E-state index is 0.0909. The minimum atomic E-state index is -0.460. The normalized spacial score (nSPS) is 24.1. The number of rotatable bonds is 3. The standard InChI is InChI=1S/C14H19N3O4/c1-10-2-3-12(17(18)19)13(16-10)21-11-8-14(20-9-11)4-6-15-7-5-14/h2-3,11,15H,4-9H2,1H3. The highest BCUT2D eigenvalue weighted by atomic mass is 16.6. The highest BCUT2D eigenvalue weighted by Crippen LogP contribution is 2.36. The molecule has 2 fully saturated rings. The van der Waals surface area contributed by atoms with Crippen molar-refractivity contribution in [2.45, 2.75) is 37.9 Å². The van der Waals surface area contributed by atoms with Gasteiger partial charge in [0.2, 0.25) is 0 Å². The summed E-state index contributed by atoms with van der Waals surface area (Å²) in [6, 6.07) is 3.05. The first-order valence-corrected chi connectivity index (χ1v) is 7.21. The van der Waals surface area contributed by atoms with E-state index in [1.807, 2.05) is 0 Å². The zero-order chi connectivity index (χ0) is 14.9. The van der Waals surface area contributed by atoms with E-state index < -0.39 is 4.92 Å². The fourth-order valence-corrected chi connectivity index (χ4v) is 3.02. The number of aryl methyl sites for hydroxylation is 1. The van der Waals surface area contributed by atoms with Crippen LogP contribution in [0.25, 0.3) is 0 Å². The summed E-state index contributed by atoms with van der Waals surface area (Å²) in [7, 11) is 0. The van der Waals surface area contributed by atoms with E-state index >= 15 is 0 Å². The molecule has 21 heavy (non-hydrogen) atoms. The Kier molecular flexibility index (Phi) is 3.77. The van der Waals surface area contributed by atoms with Crippen molar-refractivity contribution in [3.05, 3.63) is 27.9 Å². The van der Waals surface area contributed by atoms with Crippen molar-refractivity contribution < 1.29 is 14.4 Å². The van der Waals surface area contributed by atoms with Gasteiger partial charge < -0.3 is 14.8 Å². The highest BCUT2D eigenvalue weighted by Gasteiger charge is 2.42. The largest absolute Gasteiger partial charge is 0.467 e. The van der Waals surface area contributed by atoms with Crippen molar-refractivity contribution in [2.24, 2.45) is 0 Å². The molecule has 2 saturated heterocycles. The summed E-state index contributed by atoms with van der Waals surface area (Å²) in [5.41, 5.74) is 0.479. The van der Waals surface area contributed by atoms with Crippen molar-refractivity contribution in [1.82, 2.24) is 10.3 Å². The second-order valence-corrected chi connectivity index (χ2v) is 5.72. The van der Waals surface area contributed by atoms with Crippen molar-refractivity contribution in [3.63, 3.8) is 0 Å². The van der Waals surface area contributed by atoms with Crippen LogP contribution >= 0.6 is 0 Å². The number of nitro groups is 1. The van der Waals surface area contributed by atoms with Crippen LogP contribution in [0.5, 0.6) is 5.88 Å². The van der Waals surface area contributed by atoms with Gasteiger partial charge in [0.1, 0.15) is 6.10 Å². The third kappa shape index (κ3) is 2.98. The van der Waals surface area contributed by atoms with Crippen LogP contribution in [-0.2, 0) is 4.74 Å². The maximum absolute atomic E-state index is 11.0. The lowest BCUT2D eigenvalue weighted by molar-refractivity contribution is -0.386. The first-order chi connectivity index (χ1) is 10.1. The summed E-state index contributed by atoms with van der Waals surface area (Å²) >= 11 is 0. The summed E-state index contributed by atoms with van der Waals surface area (Å²) in [5, 5.41) is 14.4. The fourth-order valence-electron chi connectivity index (χ4n) is 3.02. The number of ether oxygens (including phenoxy) is 2. The second kappa shape index (κ2) is 5.57. The average molecular weight is 293 g/mol. The van der Waals surface area contributed by atoms with Crippen LogP contribution in [0.15, 0.2) is 12.1 Å². The molecule has 0 radical (unpaired) electrons. The van der Waals surface area contributed by atoms with Crippen molar-refractivity contribution in [1.29, 1.82) is 0 Å². The number of pyridine rings is 1. The quantitative estimate of drug-likeness (QED) is 0.672. The summed E-state index contributed by atoms with van der Waals surface area (Å²) in [4.78, 5) is 14.7. The van der Waals surface area contributed by atoms with Crippen LogP contribution in [0.4, 0.5) is 5.69 Å². The third-order valence-corrected chi connectivity index (χ3v) is 4.14. The lowest BCUT2D eigenvalue weighted by Gasteiger charge is -2.32. The van der Waals surface area contributed by atoms with E-state index in [-0.39, 0.29) is 23.3 Å². The van der Waals surface area contributed by atoms with Gasteiger partial charge in [0.05, 0.1) is 17.1 Å². The lowest BCUT2D eigenvalue weighted by Crippen LogP contribution is -2.41. The highest BCUT2D eigenvalue weighted by molar-refractivity contribution is 5.41. The third-order valence-electron chi connectivity index (χ3n) is 4.14. The summed E-state index contributed by atoms with van der Waals surface area (Å²) < 4.78 is 11.7. The first kappa shape index (κ1) is 14.2. The molecule has 7 nitrogen and oxygen atoms in total. The maximum atomic E-state index is 11.0. The zero-order valence-corrected chi connectivity index (χ0v) is 12.0. The fraction of sp³-hybridized carbons (Fsp3) is 0.643. The monoisotopic (exact) mass is 293 g/mol. The second-order valence-electron chi connectivity index (χ2n) is 5.72. The van der Waals surface area contributed by atoms with Crippen LogP contribution in [0.2, 0.25) is 0 Å². The average Bonchev–Trinajstić information content (AvgIpc) is 2.82. The van der Waals surface area contributed by atoms with E-state index in [0.717, 1.165) is 32.4 Å². The Hall–Kier alpha value is -1.73. The van der Waals surface area contributed by atoms with E-state index in [0.29, 0.717) is 12.3 Å². The summed E-state index contributed by atoms with van der Waals surface area (Å²) in [6.07, 6.45) is 2.50. The first-order valence-electron chi connectivity index (χ1n) is 7.21. The van der Waals surface area contributed by atoms with Gasteiger partial charge in [-0.3, -0.25) is 10.1 Å². The molecule has 2 aliphatic heterocycles. The molecule has 1 atom stereocenters. The molecule has 3 rings (SSSR count). The number of hydrogen-bond donors (Lipinski definition) is 1. The number of nitrogens with one attached hydrogen (secondary N) is 1. The lowest BCUT2D eigenvalue weighted by atomic mass is 9.89. The van der Waals surface area contributed by atoms with Crippen LogP contribution in [0.3, 0.4) is 0 Å². The van der Waals surface area contributed by atoms with Crippen LogP contribution in [0, 0.1) is 17.0 Å². The van der Waals surface area contributed by atoms with Gasteiger partial charge in [-0.05, 0) is 38.9 Å². The van der Waals surface area contributed by atoms with Gasteiger partial charge in [0, 0.05) is 18.2 Å². The molecule has 0 saturated carbocycles. The predicted octanol–water partition coefficient (Wildman–Crippen LogP) is 1.59. The van der Waals surface area contributed by atoms with E-state index in [2.05, 4.69) is 10.3 Å². The van der Waals surface area contributed by atoms with E-state index in [1.54, 1.807) is 13.0 Å². The van der Waals surface area contributed by atoms with Crippen molar-refractivity contribution in [2.75, 3.05) is 19.7 Å². The van der Waals surface area contributed by atoms with Crippen LogP contribution < -0.4 is 10.1 Å². The maximum Gasteiger partial charge on any atom is 0.330 e. The number of hydrogen-bond acceptors (Lipinski definition) is 6. The molecule has 0 aromatic carbocycles. The van der Waals surface area contributed by atoms with Gasteiger partial charge in [0.25, 0.3) is 5.88 Å². The summed E-state index contributed by atoms with van der Waals surface area (Å²) in [6.45, 7) is 4.13. The molecular weight excluding hydrogens is 274 g/mol. The Morgan fingerprint density at radius 2 is 2.24 bits per heavy atom. The number of piperidine rings is 1. The smallest absolute Gasteiger partial charge is 0.330 e. The molecule has 114 valence electrons.